The number of nitrogens with zero attached hydrogens (tertiary/aromatic N) is 5. The normalized spacial score (nSPS) is 14.6. The maximum atomic E-state index is 11.6. The molecule has 142 valence electrons. The first-order valence-electron chi connectivity index (χ1n) is 8.86. The molecule has 3 rings (SSSR count). The van der Waals surface area contributed by atoms with Gasteiger partial charge in [-0.25, -0.2) is 4.99 Å². The Bertz CT molecular complexity index is 746. The molecule has 0 unspecified atom stereocenters. The van der Waals surface area contributed by atoms with Crippen molar-refractivity contribution in [2.24, 2.45) is 4.99 Å². The lowest BCUT2D eigenvalue weighted by atomic mass is 10.4. The van der Waals surface area contributed by atoms with Crippen LogP contribution >= 0.6 is 24.0 Å². The smallest absolute Gasteiger partial charge is 0.222 e. The number of fused-ring (bicyclic) bond motifs is 1. The molecule has 1 aliphatic heterocycles. The lowest BCUT2D eigenvalue weighted by molar-refractivity contribution is -0.127. The average molecular weight is 471 g/mol. The fourth-order valence-corrected chi connectivity index (χ4v) is 2.91. The number of halogens is 1. The first kappa shape index (κ1) is 20.4. The highest BCUT2D eigenvalue weighted by Gasteiger charge is 2.18. The van der Waals surface area contributed by atoms with Crippen LogP contribution in [0.4, 0.5) is 0 Å². The highest BCUT2D eigenvalue weighted by Crippen LogP contribution is 2.09. The highest BCUT2D eigenvalue weighted by molar-refractivity contribution is 14.0. The third-order valence-corrected chi connectivity index (χ3v) is 4.18. The minimum atomic E-state index is 0. The van der Waals surface area contributed by atoms with Crippen molar-refractivity contribution >= 4 is 41.5 Å². The second-order valence-corrected chi connectivity index (χ2v) is 6.00. The number of aromatic nitrogens is 3. The number of aliphatic imine (C=N–C) groups is 1. The van der Waals surface area contributed by atoms with E-state index in [1.807, 2.05) is 40.6 Å². The Balaban J connectivity index is 0.00000243. The molecule has 0 spiro atoms. The van der Waals surface area contributed by atoms with Crippen molar-refractivity contribution in [3.05, 3.63) is 30.2 Å². The fourth-order valence-electron chi connectivity index (χ4n) is 2.91. The van der Waals surface area contributed by atoms with E-state index in [1.165, 1.54) is 0 Å². The number of rotatable bonds is 7. The number of carbonyl (C=O) groups is 1. The summed E-state index contributed by atoms with van der Waals surface area (Å²) >= 11 is 0. The lowest BCUT2D eigenvalue weighted by Gasteiger charge is -2.16. The molecule has 1 fully saturated rings. The minimum absolute atomic E-state index is 0. The van der Waals surface area contributed by atoms with Gasteiger partial charge in [-0.15, -0.1) is 34.2 Å². The Labute approximate surface area is 170 Å². The van der Waals surface area contributed by atoms with Crippen LogP contribution in [0.15, 0.2) is 29.4 Å². The molecular formula is C17H26IN7O. The maximum Gasteiger partial charge on any atom is 0.222 e. The first-order valence-corrected chi connectivity index (χ1v) is 8.86. The van der Waals surface area contributed by atoms with E-state index < -0.39 is 0 Å². The number of likely N-dealkylation sites (tertiary alicyclic amines) is 1. The molecule has 3 heterocycles. The van der Waals surface area contributed by atoms with Crippen molar-refractivity contribution < 1.29 is 4.79 Å². The van der Waals surface area contributed by atoms with Gasteiger partial charge in [0, 0.05) is 38.8 Å². The van der Waals surface area contributed by atoms with Crippen molar-refractivity contribution in [2.45, 2.75) is 32.7 Å². The number of hydrogen-bond donors (Lipinski definition) is 2. The van der Waals surface area contributed by atoms with Gasteiger partial charge < -0.3 is 15.5 Å². The largest absolute Gasteiger partial charge is 0.357 e. The van der Waals surface area contributed by atoms with Gasteiger partial charge in [0.05, 0.1) is 0 Å². The van der Waals surface area contributed by atoms with Crippen molar-refractivity contribution in [2.75, 3.05) is 26.2 Å². The summed E-state index contributed by atoms with van der Waals surface area (Å²) in [6, 6.07) is 5.81. The number of hydrogen-bond acceptors (Lipinski definition) is 4. The van der Waals surface area contributed by atoms with Crippen LogP contribution < -0.4 is 10.6 Å². The SMILES string of the molecule is CCNC(=NCc1nnc2ccccn12)NCCCN1CCCC1=O.I. The zero-order valence-corrected chi connectivity index (χ0v) is 17.3. The Morgan fingerprint density at radius 1 is 1.31 bits per heavy atom. The maximum absolute atomic E-state index is 11.6. The van der Waals surface area contributed by atoms with Crippen LogP contribution in [-0.4, -0.2) is 57.5 Å². The van der Waals surface area contributed by atoms with Gasteiger partial charge >= 0.3 is 0 Å². The van der Waals surface area contributed by atoms with Crippen LogP contribution in [0.1, 0.15) is 32.0 Å². The van der Waals surface area contributed by atoms with Crippen molar-refractivity contribution in [3.63, 3.8) is 0 Å². The van der Waals surface area contributed by atoms with E-state index in [1.54, 1.807) is 0 Å². The number of pyridine rings is 1. The van der Waals surface area contributed by atoms with Gasteiger partial charge in [-0.05, 0) is 31.9 Å². The summed E-state index contributed by atoms with van der Waals surface area (Å²) in [5.74, 6) is 1.83. The summed E-state index contributed by atoms with van der Waals surface area (Å²) in [6.07, 6.45) is 4.53. The second kappa shape index (κ2) is 10.3. The Kier molecular flexibility index (Phi) is 8.07. The van der Waals surface area contributed by atoms with Gasteiger partial charge in [0.1, 0.15) is 6.54 Å². The molecular weight excluding hydrogens is 445 g/mol. The quantitative estimate of drug-likeness (QED) is 0.276. The molecule has 26 heavy (non-hydrogen) atoms. The van der Waals surface area contributed by atoms with E-state index in [9.17, 15) is 4.79 Å². The van der Waals surface area contributed by atoms with E-state index in [2.05, 4.69) is 25.8 Å². The molecule has 9 heteroatoms. The van der Waals surface area contributed by atoms with E-state index in [0.717, 1.165) is 56.5 Å². The van der Waals surface area contributed by atoms with Crippen LogP contribution in [0.2, 0.25) is 0 Å². The molecule has 2 aromatic rings. The van der Waals surface area contributed by atoms with Gasteiger partial charge in [-0.1, -0.05) is 6.07 Å². The number of carbonyl (C=O) groups excluding carboxylic acids is 1. The molecule has 1 saturated heterocycles. The zero-order chi connectivity index (χ0) is 17.5. The van der Waals surface area contributed by atoms with Crippen LogP contribution in [0, 0.1) is 0 Å². The van der Waals surface area contributed by atoms with Gasteiger partial charge in [-0.3, -0.25) is 9.20 Å². The zero-order valence-electron chi connectivity index (χ0n) is 15.0. The molecule has 8 nitrogen and oxygen atoms in total. The first-order chi connectivity index (χ1) is 12.3. The fraction of sp³-hybridized carbons (Fsp3) is 0.529. The van der Waals surface area contributed by atoms with E-state index >= 15 is 0 Å². The summed E-state index contributed by atoms with van der Waals surface area (Å²) < 4.78 is 1.94. The Hall–Kier alpha value is -1.91. The van der Waals surface area contributed by atoms with Crippen LogP contribution in [0.5, 0.6) is 0 Å². The highest BCUT2D eigenvalue weighted by atomic mass is 127. The number of guanidine groups is 1. The third kappa shape index (κ3) is 5.29. The molecule has 0 bridgehead atoms. The molecule has 2 aromatic heterocycles. The van der Waals surface area contributed by atoms with E-state index in [0.29, 0.717) is 13.0 Å². The van der Waals surface area contributed by atoms with Crippen LogP contribution in [-0.2, 0) is 11.3 Å². The van der Waals surface area contributed by atoms with Gasteiger partial charge in [-0.2, -0.15) is 0 Å². The monoisotopic (exact) mass is 471 g/mol. The third-order valence-electron chi connectivity index (χ3n) is 4.18. The Morgan fingerprint density at radius 3 is 2.96 bits per heavy atom. The van der Waals surface area contributed by atoms with Gasteiger partial charge in [0.2, 0.25) is 5.91 Å². The summed E-state index contributed by atoms with van der Waals surface area (Å²) in [5.41, 5.74) is 0.820. The summed E-state index contributed by atoms with van der Waals surface area (Å²) in [6.45, 7) is 5.75. The number of nitrogens with one attached hydrogen (secondary N) is 2. The van der Waals surface area contributed by atoms with Crippen molar-refractivity contribution in [3.8, 4) is 0 Å². The van der Waals surface area contributed by atoms with Crippen molar-refractivity contribution in [1.29, 1.82) is 0 Å². The average Bonchev–Trinajstić information content (AvgIpc) is 3.22. The summed E-state index contributed by atoms with van der Waals surface area (Å²) in [5, 5.41) is 14.9. The Morgan fingerprint density at radius 2 is 2.19 bits per heavy atom. The minimum Gasteiger partial charge on any atom is -0.357 e. The van der Waals surface area contributed by atoms with Gasteiger partial charge in [0.25, 0.3) is 0 Å². The predicted molar refractivity (Wildman–Crippen MR) is 112 cm³/mol. The molecule has 1 aliphatic rings. The molecule has 0 aromatic carbocycles. The van der Waals surface area contributed by atoms with E-state index in [-0.39, 0.29) is 29.9 Å². The predicted octanol–water partition coefficient (Wildman–Crippen LogP) is 1.41. The van der Waals surface area contributed by atoms with Gasteiger partial charge in [0.15, 0.2) is 17.4 Å². The summed E-state index contributed by atoms with van der Waals surface area (Å²) in [4.78, 5) is 18.1. The van der Waals surface area contributed by atoms with Crippen molar-refractivity contribution in [1.82, 2.24) is 30.1 Å². The molecule has 0 aliphatic carbocycles. The van der Waals surface area contributed by atoms with Crippen LogP contribution in [0.3, 0.4) is 0 Å². The standard InChI is InChI=1S/C17H25N7O.HI/c1-2-18-17(19-9-6-11-23-10-5-8-16(23)25)20-13-15-22-21-14-7-3-4-12-24(14)15;/h3-4,7,12H,2,5-6,8-11,13H2,1H3,(H2,18,19,20);1H. The molecule has 0 saturated carbocycles. The summed E-state index contributed by atoms with van der Waals surface area (Å²) in [7, 11) is 0. The lowest BCUT2D eigenvalue weighted by Crippen LogP contribution is -2.39. The molecule has 0 radical (unpaired) electrons. The molecule has 1 amide bonds. The number of amides is 1. The van der Waals surface area contributed by atoms with E-state index in [4.69, 9.17) is 0 Å². The topological polar surface area (TPSA) is 86.9 Å². The van der Waals surface area contributed by atoms with Crippen LogP contribution in [0.25, 0.3) is 5.65 Å². The second-order valence-electron chi connectivity index (χ2n) is 6.00. The molecule has 2 N–H and O–H groups in total. The molecule has 0 atom stereocenters.